The minimum Gasteiger partial charge on any atom is -0.493 e. The monoisotopic (exact) mass is 381 g/mol. The molecule has 140 valence electrons. The maximum atomic E-state index is 6.47. The van der Waals surface area contributed by atoms with Gasteiger partial charge in [-0.15, -0.1) is 0 Å². The molecular formula is C23H24ClNO2. The molecule has 3 rings (SSSR count). The fourth-order valence-electron chi connectivity index (χ4n) is 2.80. The van der Waals surface area contributed by atoms with Gasteiger partial charge < -0.3 is 14.8 Å². The van der Waals surface area contributed by atoms with Gasteiger partial charge in [-0.2, -0.15) is 0 Å². The third-order valence-corrected chi connectivity index (χ3v) is 4.57. The second-order valence-electron chi connectivity index (χ2n) is 6.47. The van der Waals surface area contributed by atoms with Crippen molar-refractivity contribution >= 4 is 11.6 Å². The van der Waals surface area contributed by atoms with Crippen LogP contribution < -0.4 is 14.8 Å². The number of hydrogen-bond donors (Lipinski definition) is 1. The van der Waals surface area contributed by atoms with Crippen molar-refractivity contribution in [2.45, 2.75) is 26.6 Å². The van der Waals surface area contributed by atoms with Crippen LogP contribution in [0.1, 0.15) is 22.3 Å². The largest absolute Gasteiger partial charge is 0.493 e. The molecule has 0 radical (unpaired) electrons. The third-order valence-electron chi connectivity index (χ3n) is 4.29. The molecule has 27 heavy (non-hydrogen) atoms. The van der Waals surface area contributed by atoms with E-state index in [4.69, 9.17) is 21.1 Å². The summed E-state index contributed by atoms with van der Waals surface area (Å²) >= 11 is 6.47. The molecule has 0 aliphatic heterocycles. The van der Waals surface area contributed by atoms with E-state index in [0.29, 0.717) is 29.7 Å². The van der Waals surface area contributed by atoms with Crippen molar-refractivity contribution in [3.05, 3.63) is 94.0 Å². The van der Waals surface area contributed by atoms with Crippen LogP contribution in [-0.4, -0.2) is 7.11 Å². The normalized spacial score (nSPS) is 10.6. The highest BCUT2D eigenvalue weighted by atomic mass is 35.5. The Morgan fingerprint density at radius 3 is 2.26 bits per heavy atom. The Labute approximate surface area is 165 Å². The lowest BCUT2D eigenvalue weighted by atomic mass is 10.1. The molecule has 0 fully saturated rings. The van der Waals surface area contributed by atoms with Crippen LogP contribution in [0, 0.1) is 6.92 Å². The lowest BCUT2D eigenvalue weighted by Crippen LogP contribution is -2.12. The van der Waals surface area contributed by atoms with Gasteiger partial charge >= 0.3 is 0 Å². The Bertz CT molecular complexity index is 864. The second-order valence-corrected chi connectivity index (χ2v) is 6.88. The fraction of sp³-hybridized carbons (Fsp3) is 0.217. The Morgan fingerprint density at radius 2 is 1.56 bits per heavy atom. The van der Waals surface area contributed by atoms with Gasteiger partial charge in [0, 0.05) is 13.1 Å². The van der Waals surface area contributed by atoms with E-state index in [2.05, 4.69) is 48.6 Å². The van der Waals surface area contributed by atoms with Crippen molar-refractivity contribution in [1.29, 1.82) is 0 Å². The maximum absolute atomic E-state index is 6.47. The van der Waals surface area contributed by atoms with Crippen LogP contribution in [0.2, 0.25) is 5.02 Å². The number of rotatable bonds is 8. The van der Waals surface area contributed by atoms with Crippen molar-refractivity contribution in [1.82, 2.24) is 5.32 Å². The lowest BCUT2D eigenvalue weighted by molar-refractivity contribution is 0.284. The molecule has 0 atom stereocenters. The zero-order valence-corrected chi connectivity index (χ0v) is 16.4. The van der Waals surface area contributed by atoms with Gasteiger partial charge in [0.15, 0.2) is 11.5 Å². The van der Waals surface area contributed by atoms with Gasteiger partial charge in [-0.25, -0.2) is 0 Å². The van der Waals surface area contributed by atoms with E-state index in [9.17, 15) is 0 Å². The number of halogens is 1. The molecule has 1 N–H and O–H groups in total. The SMILES string of the molecule is COc1cc(CNCc2ccccc2)cc(Cl)c1OCc1ccc(C)cc1. The second kappa shape index (κ2) is 9.45. The van der Waals surface area contributed by atoms with Crippen molar-refractivity contribution in [2.75, 3.05) is 7.11 Å². The summed E-state index contributed by atoms with van der Waals surface area (Å²) in [4.78, 5) is 0. The molecule has 0 bridgehead atoms. The summed E-state index contributed by atoms with van der Waals surface area (Å²) in [7, 11) is 1.63. The maximum Gasteiger partial charge on any atom is 0.180 e. The predicted octanol–water partition coefficient (Wildman–Crippen LogP) is 5.53. The van der Waals surface area contributed by atoms with Crippen LogP contribution in [0.5, 0.6) is 11.5 Å². The summed E-state index contributed by atoms with van der Waals surface area (Å²) in [6, 6.07) is 22.4. The quantitative estimate of drug-likeness (QED) is 0.556. The smallest absolute Gasteiger partial charge is 0.180 e. The van der Waals surface area contributed by atoms with E-state index < -0.39 is 0 Å². The van der Waals surface area contributed by atoms with E-state index in [0.717, 1.165) is 17.7 Å². The van der Waals surface area contributed by atoms with E-state index >= 15 is 0 Å². The van der Waals surface area contributed by atoms with Gasteiger partial charge in [0.1, 0.15) is 6.61 Å². The first kappa shape index (κ1) is 19.3. The predicted molar refractivity (Wildman–Crippen MR) is 111 cm³/mol. The van der Waals surface area contributed by atoms with Crippen LogP contribution in [-0.2, 0) is 19.7 Å². The summed E-state index contributed by atoms with van der Waals surface area (Å²) in [6.07, 6.45) is 0. The summed E-state index contributed by atoms with van der Waals surface area (Å²) in [5.74, 6) is 1.22. The van der Waals surface area contributed by atoms with Crippen molar-refractivity contribution in [3.63, 3.8) is 0 Å². The first-order valence-electron chi connectivity index (χ1n) is 8.95. The molecule has 0 saturated heterocycles. The van der Waals surface area contributed by atoms with Crippen LogP contribution in [0.4, 0.5) is 0 Å². The van der Waals surface area contributed by atoms with Gasteiger partial charge in [-0.3, -0.25) is 0 Å². The average molecular weight is 382 g/mol. The zero-order chi connectivity index (χ0) is 19.1. The van der Waals surface area contributed by atoms with Gasteiger partial charge in [-0.05, 0) is 35.7 Å². The molecule has 3 aromatic carbocycles. The van der Waals surface area contributed by atoms with Gasteiger partial charge in [0.05, 0.1) is 12.1 Å². The van der Waals surface area contributed by atoms with Crippen LogP contribution in [0.15, 0.2) is 66.7 Å². The zero-order valence-electron chi connectivity index (χ0n) is 15.7. The molecule has 0 unspecified atom stereocenters. The molecule has 0 aliphatic carbocycles. The summed E-state index contributed by atoms with van der Waals surface area (Å²) < 4.78 is 11.4. The molecule has 4 heteroatoms. The van der Waals surface area contributed by atoms with E-state index in [1.807, 2.05) is 30.3 Å². The molecule has 3 aromatic rings. The lowest BCUT2D eigenvalue weighted by Gasteiger charge is -2.15. The van der Waals surface area contributed by atoms with Crippen LogP contribution in [0.25, 0.3) is 0 Å². The van der Waals surface area contributed by atoms with Crippen LogP contribution >= 0.6 is 11.6 Å². The highest BCUT2D eigenvalue weighted by molar-refractivity contribution is 6.32. The molecular weight excluding hydrogens is 358 g/mol. The van der Waals surface area contributed by atoms with Gasteiger partial charge in [0.25, 0.3) is 0 Å². The molecule has 0 amide bonds. The number of nitrogens with one attached hydrogen (secondary N) is 1. The molecule has 0 aliphatic rings. The highest BCUT2D eigenvalue weighted by Gasteiger charge is 2.12. The molecule has 0 saturated carbocycles. The van der Waals surface area contributed by atoms with E-state index in [1.165, 1.54) is 11.1 Å². The Hall–Kier alpha value is -2.49. The average Bonchev–Trinajstić information content (AvgIpc) is 2.69. The molecule has 0 spiro atoms. The van der Waals surface area contributed by atoms with E-state index in [1.54, 1.807) is 7.11 Å². The van der Waals surface area contributed by atoms with Crippen molar-refractivity contribution < 1.29 is 9.47 Å². The molecule has 3 nitrogen and oxygen atoms in total. The first-order valence-corrected chi connectivity index (χ1v) is 9.33. The Morgan fingerprint density at radius 1 is 0.852 bits per heavy atom. The number of benzene rings is 3. The van der Waals surface area contributed by atoms with Crippen LogP contribution in [0.3, 0.4) is 0 Å². The fourth-order valence-corrected chi connectivity index (χ4v) is 3.09. The standard InChI is InChI=1S/C23H24ClNO2/c1-17-8-10-19(11-9-17)16-27-23-21(24)12-20(13-22(23)26-2)15-25-14-18-6-4-3-5-7-18/h3-13,25H,14-16H2,1-2H3. The Kier molecular flexibility index (Phi) is 6.74. The minimum absolute atomic E-state index is 0.446. The summed E-state index contributed by atoms with van der Waals surface area (Å²) in [5, 5.41) is 3.98. The third kappa shape index (κ3) is 5.49. The Balaban J connectivity index is 1.64. The topological polar surface area (TPSA) is 30.5 Å². The highest BCUT2D eigenvalue weighted by Crippen LogP contribution is 2.37. The van der Waals surface area contributed by atoms with Gasteiger partial charge in [0.2, 0.25) is 0 Å². The van der Waals surface area contributed by atoms with Crippen molar-refractivity contribution in [3.8, 4) is 11.5 Å². The summed E-state index contributed by atoms with van der Waals surface area (Å²) in [6.45, 7) is 4.01. The minimum atomic E-state index is 0.446. The molecule has 0 aromatic heterocycles. The number of aryl methyl sites for hydroxylation is 1. The van der Waals surface area contributed by atoms with Gasteiger partial charge in [-0.1, -0.05) is 71.8 Å². The number of hydrogen-bond acceptors (Lipinski definition) is 3. The number of ether oxygens (including phenoxy) is 2. The molecule has 0 heterocycles. The summed E-state index contributed by atoms with van der Waals surface area (Å²) in [5.41, 5.74) is 4.61. The first-order chi connectivity index (χ1) is 13.2. The number of methoxy groups -OCH3 is 1. The van der Waals surface area contributed by atoms with E-state index in [-0.39, 0.29) is 0 Å². The van der Waals surface area contributed by atoms with Crippen molar-refractivity contribution in [2.24, 2.45) is 0 Å².